The van der Waals surface area contributed by atoms with E-state index in [1.165, 1.54) is 18.0 Å². The molecule has 0 aromatic carbocycles. The van der Waals surface area contributed by atoms with E-state index in [1.54, 1.807) is 26.1 Å². The van der Waals surface area contributed by atoms with Gasteiger partial charge in [-0.15, -0.1) is 11.8 Å². The molecule has 0 saturated heterocycles. The number of thioether (sulfide) groups is 1. The Bertz CT molecular complexity index is 436. The molecule has 0 unspecified atom stereocenters. The van der Waals surface area contributed by atoms with Crippen LogP contribution in [0, 0.1) is 0 Å². The van der Waals surface area contributed by atoms with Crippen molar-refractivity contribution in [2.24, 2.45) is 0 Å². The zero-order valence-electron chi connectivity index (χ0n) is 11.0. The molecule has 0 aliphatic carbocycles. The second kappa shape index (κ2) is 8.53. The van der Waals surface area contributed by atoms with E-state index in [4.69, 9.17) is 9.47 Å². The number of rotatable bonds is 7. The fraction of sp³-hybridized carbons (Fsp3) is 0.462. The molecule has 0 radical (unpaired) electrons. The van der Waals surface area contributed by atoms with Crippen LogP contribution < -0.4 is 0 Å². The van der Waals surface area contributed by atoms with Gasteiger partial charge in [0.1, 0.15) is 0 Å². The molecular formula is C13H17NO4S. The number of esters is 2. The third kappa shape index (κ3) is 5.30. The van der Waals surface area contributed by atoms with E-state index in [2.05, 4.69) is 4.98 Å². The van der Waals surface area contributed by atoms with Crippen LogP contribution in [0.1, 0.15) is 29.8 Å². The number of nitrogens with zero attached hydrogens (tertiary/aromatic N) is 1. The number of pyridine rings is 1. The van der Waals surface area contributed by atoms with Gasteiger partial charge in [0, 0.05) is 18.1 Å². The van der Waals surface area contributed by atoms with E-state index in [-0.39, 0.29) is 17.7 Å². The predicted octanol–water partition coefficient (Wildman–Crippen LogP) is 2.05. The molecule has 0 spiro atoms. The molecule has 0 aliphatic rings. The topological polar surface area (TPSA) is 65.5 Å². The van der Waals surface area contributed by atoms with E-state index >= 15 is 0 Å². The monoisotopic (exact) mass is 283 g/mol. The highest BCUT2D eigenvalue weighted by molar-refractivity contribution is 7.99. The number of carbonyl (C=O) groups excluding carboxylic acids is 2. The van der Waals surface area contributed by atoms with Crippen molar-refractivity contribution in [1.82, 2.24) is 4.98 Å². The van der Waals surface area contributed by atoms with Gasteiger partial charge in [-0.1, -0.05) is 0 Å². The molecular weight excluding hydrogens is 266 g/mol. The molecule has 1 aromatic heterocycles. The molecule has 0 saturated carbocycles. The quantitative estimate of drug-likeness (QED) is 0.714. The van der Waals surface area contributed by atoms with E-state index in [0.29, 0.717) is 24.5 Å². The van der Waals surface area contributed by atoms with Gasteiger partial charge in [0.05, 0.1) is 24.5 Å². The number of hydrogen-bond acceptors (Lipinski definition) is 6. The molecule has 0 bridgehead atoms. The minimum atomic E-state index is -0.387. The number of carbonyl (C=O) groups is 2. The van der Waals surface area contributed by atoms with Crippen molar-refractivity contribution in [2.75, 3.05) is 19.0 Å². The summed E-state index contributed by atoms with van der Waals surface area (Å²) >= 11 is 1.39. The lowest BCUT2D eigenvalue weighted by Gasteiger charge is -2.07. The Kier molecular flexibility index (Phi) is 6.95. The third-order valence-corrected chi connectivity index (χ3v) is 3.14. The van der Waals surface area contributed by atoms with Gasteiger partial charge in [-0.3, -0.25) is 9.78 Å². The summed E-state index contributed by atoms with van der Waals surface area (Å²) in [4.78, 5) is 26.8. The molecule has 104 valence electrons. The second-order valence-electron chi connectivity index (χ2n) is 3.55. The highest BCUT2D eigenvalue weighted by Crippen LogP contribution is 2.16. The van der Waals surface area contributed by atoms with Gasteiger partial charge in [0.25, 0.3) is 0 Å². The van der Waals surface area contributed by atoms with E-state index in [1.807, 2.05) is 0 Å². The zero-order valence-corrected chi connectivity index (χ0v) is 11.9. The highest BCUT2D eigenvalue weighted by Gasteiger charge is 2.13. The van der Waals surface area contributed by atoms with Crippen LogP contribution >= 0.6 is 11.8 Å². The molecule has 0 amide bonds. The first kappa shape index (κ1) is 15.5. The Morgan fingerprint density at radius 3 is 2.68 bits per heavy atom. The third-order valence-electron chi connectivity index (χ3n) is 2.19. The highest BCUT2D eigenvalue weighted by atomic mass is 32.2. The molecule has 19 heavy (non-hydrogen) atoms. The van der Waals surface area contributed by atoms with Crippen molar-refractivity contribution in [3.63, 3.8) is 0 Å². The number of hydrogen-bond donors (Lipinski definition) is 0. The van der Waals surface area contributed by atoms with Crippen LogP contribution in [0.3, 0.4) is 0 Å². The molecule has 1 rings (SSSR count). The number of aromatic nitrogens is 1. The van der Waals surface area contributed by atoms with E-state index in [0.717, 1.165) is 5.56 Å². The summed E-state index contributed by atoms with van der Waals surface area (Å²) in [5.74, 6) is 0.162. The van der Waals surface area contributed by atoms with Crippen molar-refractivity contribution in [2.45, 2.75) is 19.6 Å². The number of ether oxygens (including phenoxy) is 2. The standard InChI is InChI=1S/C13H17NO4S/c1-3-17-12(15)9-19-8-10-5-6-14-7-11(10)13(16)18-4-2/h5-7H,3-4,8-9H2,1-2H3. The summed E-state index contributed by atoms with van der Waals surface area (Å²) in [6.07, 6.45) is 3.10. The fourth-order valence-corrected chi connectivity index (χ4v) is 2.21. The summed E-state index contributed by atoms with van der Waals surface area (Å²) in [5, 5.41) is 0. The lowest BCUT2D eigenvalue weighted by molar-refractivity contribution is -0.139. The average Bonchev–Trinajstić information content (AvgIpc) is 2.40. The normalized spacial score (nSPS) is 10.0. The Hall–Kier alpha value is -1.56. The van der Waals surface area contributed by atoms with Gasteiger partial charge in [-0.05, 0) is 25.5 Å². The van der Waals surface area contributed by atoms with Gasteiger partial charge >= 0.3 is 11.9 Å². The summed E-state index contributed by atoms with van der Waals surface area (Å²) in [6.45, 7) is 4.22. The van der Waals surface area contributed by atoms with E-state index < -0.39 is 0 Å². The maximum Gasteiger partial charge on any atom is 0.340 e. The van der Waals surface area contributed by atoms with Gasteiger partial charge in [-0.25, -0.2) is 4.79 Å². The minimum absolute atomic E-state index is 0.251. The van der Waals surface area contributed by atoms with Crippen molar-refractivity contribution in [3.05, 3.63) is 29.6 Å². The first-order chi connectivity index (χ1) is 9.19. The van der Waals surface area contributed by atoms with E-state index in [9.17, 15) is 9.59 Å². The summed E-state index contributed by atoms with van der Waals surface area (Å²) in [6, 6.07) is 1.75. The smallest absolute Gasteiger partial charge is 0.340 e. The largest absolute Gasteiger partial charge is 0.465 e. The van der Waals surface area contributed by atoms with Crippen molar-refractivity contribution >= 4 is 23.7 Å². The lowest BCUT2D eigenvalue weighted by atomic mass is 10.2. The summed E-state index contributed by atoms with van der Waals surface area (Å²) in [5.41, 5.74) is 1.25. The second-order valence-corrected chi connectivity index (χ2v) is 4.54. The van der Waals surface area contributed by atoms with Gasteiger partial charge in [-0.2, -0.15) is 0 Å². The van der Waals surface area contributed by atoms with Crippen LogP contribution in [0.4, 0.5) is 0 Å². The Balaban J connectivity index is 2.58. The molecule has 5 nitrogen and oxygen atoms in total. The molecule has 6 heteroatoms. The molecule has 1 heterocycles. The first-order valence-corrected chi connectivity index (χ1v) is 7.17. The van der Waals surface area contributed by atoms with Gasteiger partial charge in [0.15, 0.2) is 0 Å². The van der Waals surface area contributed by atoms with Crippen LogP contribution in [-0.2, 0) is 20.0 Å². The predicted molar refractivity (Wildman–Crippen MR) is 73.0 cm³/mol. The summed E-state index contributed by atoms with van der Waals surface area (Å²) in [7, 11) is 0. The van der Waals surface area contributed by atoms with Crippen LogP contribution in [0.2, 0.25) is 0 Å². The fourth-order valence-electron chi connectivity index (χ4n) is 1.39. The Morgan fingerprint density at radius 2 is 2.00 bits per heavy atom. The van der Waals surface area contributed by atoms with Gasteiger partial charge in [0.2, 0.25) is 0 Å². The van der Waals surface area contributed by atoms with Crippen LogP contribution in [0.15, 0.2) is 18.5 Å². The molecule has 0 N–H and O–H groups in total. The van der Waals surface area contributed by atoms with Crippen LogP contribution in [0.5, 0.6) is 0 Å². The first-order valence-electron chi connectivity index (χ1n) is 6.02. The Morgan fingerprint density at radius 1 is 1.26 bits per heavy atom. The molecule has 0 fully saturated rings. The lowest BCUT2D eigenvalue weighted by Crippen LogP contribution is -2.10. The van der Waals surface area contributed by atoms with Gasteiger partial charge < -0.3 is 9.47 Å². The van der Waals surface area contributed by atoms with Crippen LogP contribution in [0.25, 0.3) is 0 Å². The summed E-state index contributed by atoms with van der Waals surface area (Å²) < 4.78 is 9.79. The van der Waals surface area contributed by atoms with Crippen LogP contribution in [-0.4, -0.2) is 35.9 Å². The average molecular weight is 283 g/mol. The minimum Gasteiger partial charge on any atom is -0.465 e. The SMILES string of the molecule is CCOC(=O)CSCc1ccncc1C(=O)OCC. The van der Waals surface area contributed by atoms with Crippen molar-refractivity contribution in [3.8, 4) is 0 Å². The molecule has 0 atom stereocenters. The maximum absolute atomic E-state index is 11.7. The van der Waals surface area contributed by atoms with Crippen molar-refractivity contribution in [1.29, 1.82) is 0 Å². The Labute approximate surface area is 116 Å². The zero-order chi connectivity index (χ0) is 14.1. The molecule has 0 aliphatic heterocycles. The van der Waals surface area contributed by atoms with Crippen molar-refractivity contribution < 1.29 is 19.1 Å². The maximum atomic E-state index is 11.7. The molecule has 1 aromatic rings.